The van der Waals surface area contributed by atoms with E-state index in [0.717, 1.165) is 0 Å². The van der Waals surface area contributed by atoms with Crippen molar-refractivity contribution in [1.82, 2.24) is 19.6 Å². The van der Waals surface area contributed by atoms with Gasteiger partial charge in [-0.3, -0.25) is 9.62 Å². The minimum absolute atomic E-state index is 0.0274. The van der Waals surface area contributed by atoms with Gasteiger partial charge in [-0.2, -0.15) is 8.42 Å². The first-order valence-electron chi connectivity index (χ1n) is 9.94. The van der Waals surface area contributed by atoms with Crippen molar-refractivity contribution in [1.29, 1.82) is 0 Å². The van der Waals surface area contributed by atoms with E-state index < -0.39 is 34.0 Å². The van der Waals surface area contributed by atoms with Crippen molar-refractivity contribution in [2.24, 2.45) is 0 Å². The number of hydrogen-bond donors (Lipinski definition) is 2. The number of rotatable bonds is 7. The van der Waals surface area contributed by atoms with E-state index in [2.05, 4.69) is 14.7 Å². The van der Waals surface area contributed by atoms with Gasteiger partial charge in [0.2, 0.25) is 5.88 Å². The molecule has 0 bridgehead atoms. The molecule has 1 aliphatic heterocycles. The summed E-state index contributed by atoms with van der Waals surface area (Å²) in [5.41, 5.74) is 0.318. The van der Waals surface area contributed by atoms with E-state index >= 15 is 0 Å². The molecule has 2 aromatic heterocycles. The van der Waals surface area contributed by atoms with Crippen LogP contribution in [0.4, 0.5) is 19.3 Å². The minimum atomic E-state index is -3.93. The Morgan fingerprint density at radius 3 is 2.74 bits per heavy atom. The van der Waals surface area contributed by atoms with Crippen LogP contribution in [0.25, 0.3) is 0 Å². The van der Waals surface area contributed by atoms with Gasteiger partial charge < -0.3 is 9.47 Å². The number of halogens is 2. The predicted octanol–water partition coefficient (Wildman–Crippen LogP) is 3.50. The molecule has 4 rings (SSSR count). The number of carbonyl (C=O) groups excluding carboxylic acids is 1. The first-order valence-corrected chi connectivity index (χ1v) is 11.4. The molecule has 0 saturated heterocycles. The monoisotopic (exact) mass is 491 g/mol. The number of anilines is 1. The van der Waals surface area contributed by atoms with Gasteiger partial charge in [0.25, 0.3) is 16.1 Å². The number of carbonyl (C=O) groups is 1. The van der Waals surface area contributed by atoms with Gasteiger partial charge in [-0.05, 0) is 25.1 Å². The summed E-state index contributed by atoms with van der Waals surface area (Å²) in [7, 11) is -2.74. The molecule has 178 valence electrons. The van der Waals surface area contributed by atoms with Crippen molar-refractivity contribution in [2.45, 2.75) is 19.5 Å². The fourth-order valence-corrected chi connectivity index (χ4v) is 3.82. The van der Waals surface area contributed by atoms with E-state index in [-0.39, 0.29) is 35.3 Å². The normalized spacial score (nSPS) is 15.5. The van der Waals surface area contributed by atoms with E-state index in [1.165, 1.54) is 60.7 Å². The summed E-state index contributed by atoms with van der Waals surface area (Å²) in [5.74, 6) is -1.66. The van der Waals surface area contributed by atoms with Crippen LogP contribution in [0.15, 0.2) is 48.8 Å². The molecule has 13 heteroatoms. The quantitative estimate of drug-likeness (QED) is 0.519. The molecular formula is C21H19F2N5O5S. The summed E-state index contributed by atoms with van der Waals surface area (Å²) in [6.07, 6.45) is 2.00. The Bertz CT molecular complexity index is 1360. The van der Waals surface area contributed by atoms with Gasteiger partial charge in [0.1, 0.15) is 5.75 Å². The molecule has 3 aromatic rings. The molecular weight excluding hydrogens is 472 g/mol. The van der Waals surface area contributed by atoms with Crippen LogP contribution < -0.4 is 18.9 Å². The molecule has 2 N–H and O–H groups in total. The summed E-state index contributed by atoms with van der Waals surface area (Å²) in [6, 6.07) is 7.51. The summed E-state index contributed by atoms with van der Waals surface area (Å²) in [6.45, 7) is 1.50. The predicted molar refractivity (Wildman–Crippen MR) is 116 cm³/mol. The van der Waals surface area contributed by atoms with E-state index in [0.29, 0.717) is 5.56 Å². The second-order valence-electron chi connectivity index (χ2n) is 7.21. The summed E-state index contributed by atoms with van der Waals surface area (Å²) in [4.78, 5) is 21.9. The molecule has 0 spiro atoms. The van der Waals surface area contributed by atoms with Gasteiger partial charge >= 0.3 is 6.09 Å². The number of nitrogens with zero attached hydrogens (tertiary/aromatic N) is 3. The topological polar surface area (TPSA) is 123 Å². The van der Waals surface area contributed by atoms with Crippen molar-refractivity contribution < 1.29 is 31.5 Å². The van der Waals surface area contributed by atoms with Gasteiger partial charge in [-0.15, -0.1) is 0 Å². The Labute approximate surface area is 193 Å². The molecule has 34 heavy (non-hydrogen) atoms. The van der Waals surface area contributed by atoms with Crippen LogP contribution in [0, 0.1) is 11.6 Å². The number of nitrogens with one attached hydrogen (secondary N) is 2. The zero-order chi connectivity index (χ0) is 24.5. The number of hydrogen-bond acceptors (Lipinski definition) is 7. The smallest absolute Gasteiger partial charge is 0.416 e. The fourth-order valence-electron chi connectivity index (χ4n) is 3.27. The highest BCUT2D eigenvalue weighted by Gasteiger charge is 2.33. The highest BCUT2D eigenvalue weighted by atomic mass is 32.2. The van der Waals surface area contributed by atoms with Crippen molar-refractivity contribution in [3.63, 3.8) is 0 Å². The molecule has 1 amide bonds. The van der Waals surface area contributed by atoms with Crippen LogP contribution in [0.1, 0.15) is 24.1 Å². The Hall–Kier alpha value is -3.84. The molecule has 0 fully saturated rings. The Kier molecular flexibility index (Phi) is 6.30. The molecule has 3 heterocycles. The van der Waals surface area contributed by atoms with E-state index in [4.69, 9.17) is 9.47 Å². The second-order valence-corrected chi connectivity index (χ2v) is 8.83. The number of benzene rings is 1. The van der Waals surface area contributed by atoms with Crippen molar-refractivity contribution in [2.75, 3.05) is 11.8 Å². The summed E-state index contributed by atoms with van der Waals surface area (Å²) in [5, 5.41) is 0. The number of aromatic nitrogens is 2. The van der Waals surface area contributed by atoms with Crippen LogP contribution in [0.5, 0.6) is 17.5 Å². The molecule has 0 saturated carbocycles. The molecule has 10 nitrogen and oxygen atoms in total. The van der Waals surface area contributed by atoms with E-state index in [1.54, 1.807) is 6.92 Å². The van der Waals surface area contributed by atoms with Crippen LogP contribution >= 0.6 is 0 Å². The van der Waals surface area contributed by atoms with Crippen LogP contribution in [-0.2, 0) is 16.8 Å². The van der Waals surface area contributed by atoms with Crippen LogP contribution in [-0.4, -0.2) is 36.4 Å². The lowest BCUT2D eigenvalue weighted by Gasteiger charge is -2.34. The van der Waals surface area contributed by atoms with Gasteiger partial charge in [0.15, 0.2) is 11.6 Å². The van der Waals surface area contributed by atoms with E-state index in [9.17, 15) is 22.0 Å². The summed E-state index contributed by atoms with van der Waals surface area (Å²) < 4.78 is 67.0. The number of amides is 1. The Morgan fingerprint density at radius 2 is 2.00 bits per heavy atom. The average molecular weight is 491 g/mol. The molecule has 1 atom stereocenters. The minimum Gasteiger partial charge on any atom is -0.417 e. The van der Waals surface area contributed by atoms with Crippen molar-refractivity contribution >= 4 is 22.0 Å². The van der Waals surface area contributed by atoms with Gasteiger partial charge in [-0.25, -0.2) is 28.3 Å². The lowest BCUT2D eigenvalue weighted by molar-refractivity contribution is 0.116. The highest BCUT2D eigenvalue weighted by Crippen LogP contribution is 2.38. The molecule has 0 aliphatic carbocycles. The molecule has 1 aromatic carbocycles. The highest BCUT2D eigenvalue weighted by molar-refractivity contribution is 7.90. The number of pyridine rings is 2. The third-order valence-corrected chi connectivity index (χ3v) is 6.10. The first-order chi connectivity index (χ1) is 16.2. The maximum Gasteiger partial charge on any atom is 0.416 e. The van der Waals surface area contributed by atoms with Crippen molar-refractivity contribution in [3.8, 4) is 17.5 Å². The zero-order valence-electron chi connectivity index (χ0n) is 18.0. The maximum absolute atomic E-state index is 14.9. The second kappa shape index (κ2) is 9.19. The molecule has 1 aliphatic rings. The fraction of sp³-hybridized carbons (Fsp3) is 0.190. The third kappa shape index (κ3) is 4.75. The van der Waals surface area contributed by atoms with E-state index in [1.807, 2.05) is 4.72 Å². The lowest BCUT2D eigenvalue weighted by atomic mass is 10.1. The van der Waals surface area contributed by atoms with Crippen molar-refractivity contribution in [3.05, 3.63) is 71.6 Å². The average Bonchev–Trinajstić information content (AvgIpc) is 2.80. The van der Waals surface area contributed by atoms with Gasteiger partial charge in [0, 0.05) is 36.6 Å². The third-order valence-electron chi connectivity index (χ3n) is 5.08. The molecule has 0 unspecified atom stereocenters. The lowest BCUT2D eigenvalue weighted by Crippen LogP contribution is -2.39. The number of fused-ring (bicyclic) bond motifs is 1. The summed E-state index contributed by atoms with van der Waals surface area (Å²) >= 11 is 0. The van der Waals surface area contributed by atoms with Crippen LogP contribution in [0.3, 0.4) is 0 Å². The van der Waals surface area contributed by atoms with Gasteiger partial charge in [-0.1, -0.05) is 12.1 Å². The molecule has 0 radical (unpaired) electrons. The zero-order valence-corrected chi connectivity index (χ0v) is 18.8. The van der Waals surface area contributed by atoms with Crippen LogP contribution in [0.2, 0.25) is 0 Å². The standard InChI is InChI=1S/C21H19F2N5O5S/c1-12-14-10-26-18(33-20-15(22)6-4-8-25-20)9-17(14)32-21(29)28(12)11-13-5-3-7-16(19(13)23)27-34(30,31)24-2/h3-10,12,24,27H,11H2,1-2H3/t12-/m1/s1. The SMILES string of the molecule is CNS(=O)(=O)Nc1cccc(CN2C(=O)Oc3cc(Oc4ncccc4F)ncc3[C@H]2C)c1F. The first kappa shape index (κ1) is 23.3. The Morgan fingerprint density at radius 1 is 1.21 bits per heavy atom. The maximum atomic E-state index is 14.9. The Balaban J connectivity index is 1.56. The number of ether oxygens (including phenoxy) is 2. The largest absolute Gasteiger partial charge is 0.417 e. The van der Waals surface area contributed by atoms with Gasteiger partial charge in [0.05, 0.1) is 18.3 Å².